The van der Waals surface area contributed by atoms with E-state index in [0.717, 1.165) is 35.3 Å². The molecule has 25 heavy (non-hydrogen) atoms. The molecule has 6 heteroatoms. The van der Waals surface area contributed by atoms with E-state index in [0.29, 0.717) is 29.8 Å². The van der Waals surface area contributed by atoms with Crippen molar-refractivity contribution in [1.82, 2.24) is 19.7 Å². The summed E-state index contributed by atoms with van der Waals surface area (Å²) in [6, 6.07) is 7.94. The molecule has 0 radical (unpaired) electrons. The summed E-state index contributed by atoms with van der Waals surface area (Å²) >= 11 is 0. The van der Waals surface area contributed by atoms with Crippen LogP contribution in [-0.2, 0) is 4.74 Å². The zero-order valence-corrected chi connectivity index (χ0v) is 13.9. The maximum Gasteiger partial charge on any atom is 0.189 e. The highest BCUT2D eigenvalue weighted by Gasteiger charge is 2.29. The fourth-order valence-electron chi connectivity index (χ4n) is 2.93. The average Bonchev–Trinajstić information content (AvgIpc) is 3.41. The van der Waals surface area contributed by atoms with Crippen molar-refractivity contribution in [1.29, 1.82) is 0 Å². The van der Waals surface area contributed by atoms with Gasteiger partial charge >= 0.3 is 0 Å². The number of rotatable bonds is 5. The van der Waals surface area contributed by atoms with Crippen LogP contribution < -0.4 is 0 Å². The van der Waals surface area contributed by atoms with Gasteiger partial charge < -0.3 is 9.30 Å². The van der Waals surface area contributed by atoms with E-state index in [2.05, 4.69) is 26.2 Å². The number of fused-ring (bicyclic) bond motifs is 1. The van der Waals surface area contributed by atoms with Gasteiger partial charge in [-0.15, -0.1) is 5.10 Å². The molecule has 0 amide bonds. The molecule has 3 aromatic rings. The monoisotopic (exact) mass is 331 g/mol. The Balaban J connectivity index is 1.87. The lowest BCUT2D eigenvalue weighted by Crippen LogP contribution is -2.00. The molecule has 1 aliphatic carbocycles. The number of ether oxygens (including phenoxy) is 1. The smallest absolute Gasteiger partial charge is 0.189 e. The first kappa shape index (κ1) is 15.3. The van der Waals surface area contributed by atoms with Crippen LogP contribution in [0.3, 0.4) is 0 Å². The number of benzene rings is 1. The zero-order valence-electron chi connectivity index (χ0n) is 13.9. The Morgan fingerprint density at radius 1 is 1.40 bits per heavy atom. The summed E-state index contributed by atoms with van der Waals surface area (Å²) in [4.78, 5) is 8.33. The summed E-state index contributed by atoms with van der Waals surface area (Å²) in [5.74, 6) is 1.35. The first-order valence-electron chi connectivity index (χ1n) is 8.26. The summed E-state index contributed by atoms with van der Waals surface area (Å²) < 4.78 is 7.66. The first-order chi connectivity index (χ1) is 12.2. The summed E-state index contributed by atoms with van der Waals surface area (Å²) in [7, 11) is 0. The Bertz CT molecular complexity index is 1010. The van der Waals surface area contributed by atoms with Crippen molar-refractivity contribution in [3.8, 4) is 11.4 Å². The van der Waals surface area contributed by atoms with Gasteiger partial charge in [0.05, 0.1) is 30.4 Å². The number of nitrogens with zero attached hydrogens (tertiary/aromatic N) is 5. The second-order valence-corrected chi connectivity index (χ2v) is 6.01. The third-order valence-electron chi connectivity index (χ3n) is 4.23. The molecule has 6 nitrogen and oxygen atoms in total. The van der Waals surface area contributed by atoms with E-state index in [-0.39, 0.29) is 0 Å². The standard InChI is InChI=1S/C19H17N5O/c1-4-25-12(2)17-9-13(11-21-23-17)19-22-16-8-5-14(20-3)10-18(16)24(19)15-6-7-15/h5,8-11,15H,2,4,6-7H2,1H3. The van der Waals surface area contributed by atoms with Crippen LogP contribution in [0.4, 0.5) is 5.69 Å². The van der Waals surface area contributed by atoms with Crippen LogP contribution in [0, 0.1) is 6.57 Å². The van der Waals surface area contributed by atoms with Crippen molar-refractivity contribution in [3.63, 3.8) is 0 Å². The van der Waals surface area contributed by atoms with Gasteiger partial charge in [0.2, 0.25) is 0 Å². The van der Waals surface area contributed by atoms with Gasteiger partial charge in [0.15, 0.2) is 5.69 Å². The minimum absolute atomic E-state index is 0.424. The lowest BCUT2D eigenvalue weighted by molar-refractivity contribution is 0.297. The predicted octanol–water partition coefficient (Wildman–Crippen LogP) is 4.39. The molecule has 0 bridgehead atoms. The second kappa shape index (κ2) is 6.02. The van der Waals surface area contributed by atoms with Gasteiger partial charge in [-0.25, -0.2) is 9.83 Å². The lowest BCUT2D eigenvalue weighted by atomic mass is 10.2. The largest absolute Gasteiger partial charge is 0.492 e. The Morgan fingerprint density at radius 3 is 2.96 bits per heavy atom. The van der Waals surface area contributed by atoms with E-state index in [1.807, 2.05) is 25.1 Å². The van der Waals surface area contributed by atoms with Crippen molar-refractivity contribution in [2.75, 3.05) is 6.61 Å². The summed E-state index contributed by atoms with van der Waals surface area (Å²) in [6.07, 6.45) is 3.95. The fourth-order valence-corrected chi connectivity index (χ4v) is 2.93. The highest BCUT2D eigenvalue weighted by Crippen LogP contribution is 2.42. The third kappa shape index (κ3) is 2.74. The number of aromatic nitrogens is 4. The molecule has 1 fully saturated rings. The molecule has 0 unspecified atom stereocenters. The molecular weight excluding hydrogens is 314 g/mol. The zero-order chi connectivity index (χ0) is 17.4. The Morgan fingerprint density at radius 2 is 2.24 bits per heavy atom. The molecule has 124 valence electrons. The van der Waals surface area contributed by atoms with Gasteiger partial charge in [0.1, 0.15) is 17.3 Å². The molecule has 0 N–H and O–H groups in total. The van der Waals surface area contributed by atoms with Gasteiger partial charge in [0.25, 0.3) is 0 Å². The molecule has 0 atom stereocenters. The van der Waals surface area contributed by atoms with Crippen LogP contribution in [0.5, 0.6) is 0 Å². The summed E-state index contributed by atoms with van der Waals surface area (Å²) in [5, 5.41) is 8.20. The van der Waals surface area contributed by atoms with E-state index in [1.54, 1.807) is 12.3 Å². The maximum atomic E-state index is 7.25. The van der Waals surface area contributed by atoms with E-state index in [9.17, 15) is 0 Å². The first-order valence-corrected chi connectivity index (χ1v) is 8.26. The van der Waals surface area contributed by atoms with Crippen LogP contribution in [0.25, 0.3) is 33.0 Å². The van der Waals surface area contributed by atoms with E-state index >= 15 is 0 Å². The molecule has 4 rings (SSSR count). The Labute approximate surface area is 145 Å². The van der Waals surface area contributed by atoms with Gasteiger partial charge in [-0.3, -0.25) is 0 Å². The SMILES string of the molecule is [C-]#[N+]c1ccc2nc(-c3cnnc(C(=C)OCC)c3)n(C3CC3)c2c1. The van der Waals surface area contributed by atoms with Crippen LogP contribution in [-0.4, -0.2) is 26.4 Å². The molecule has 0 aliphatic heterocycles. The summed E-state index contributed by atoms with van der Waals surface area (Å²) in [6.45, 7) is 13.6. The van der Waals surface area contributed by atoms with E-state index in [1.165, 1.54) is 0 Å². The van der Waals surface area contributed by atoms with Gasteiger partial charge in [-0.1, -0.05) is 12.6 Å². The predicted molar refractivity (Wildman–Crippen MR) is 96.0 cm³/mol. The minimum Gasteiger partial charge on any atom is -0.492 e. The molecular formula is C19H17N5O. The number of hydrogen-bond acceptors (Lipinski definition) is 4. The maximum absolute atomic E-state index is 7.25. The highest BCUT2D eigenvalue weighted by atomic mass is 16.5. The van der Waals surface area contributed by atoms with E-state index in [4.69, 9.17) is 16.3 Å². The van der Waals surface area contributed by atoms with Crippen molar-refractivity contribution in [3.05, 3.63) is 54.2 Å². The van der Waals surface area contributed by atoms with Crippen LogP contribution in [0.15, 0.2) is 37.0 Å². The van der Waals surface area contributed by atoms with Gasteiger partial charge in [-0.2, -0.15) is 5.10 Å². The van der Waals surface area contributed by atoms with Gasteiger partial charge in [-0.05, 0) is 38.0 Å². The third-order valence-corrected chi connectivity index (χ3v) is 4.23. The van der Waals surface area contributed by atoms with Crippen LogP contribution in [0.1, 0.15) is 31.5 Å². The number of imidazole rings is 1. The Kier molecular flexibility index (Phi) is 3.69. The molecule has 0 saturated heterocycles. The Hall–Kier alpha value is -3.20. The quantitative estimate of drug-likeness (QED) is 0.514. The van der Waals surface area contributed by atoms with Gasteiger partial charge in [0, 0.05) is 11.6 Å². The molecule has 2 heterocycles. The molecule has 1 saturated carbocycles. The molecule has 1 aromatic carbocycles. The number of hydrogen-bond donors (Lipinski definition) is 0. The molecule has 2 aromatic heterocycles. The normalized spacial score (nSPS) is 13.6. The topological polar surface area (TPSA) is 57.2 Å². The van der Waals surface area contributed by atoms with Crippen molar-refractivity contribution >= 4 is 22.5 Å². The lowest BCUT2D eigenvalue weighted by Gasteiger charge is -2.09. The van der Waals surface area contributed by atoms with Crippen molar-refractivity contribution < 1.29 is 4.74 Å². The molecule has 0 spiro atoms. The van der Waals surface area contributed by atoms with E-state index < -0.39 is 0 Å². The fraction of sp³-hybridized carbons (Fsp3) is 0.263. The van der Waals surface area contributed by atoms with Crippen molar-refractivity contribution in [2.45, 2.75) is 25.8 Å². The minimum atomic E-state index is 0.424. The van der Waals surface area contributed by atoms with Crippen molar-refractivity contribution in [2.24, 2.45) is 0 Å². The van der Waals surface area contributed by atoms with Crippen LogP contribution >= 0.6 is 0 Å². The van der Waals surface area contributed by atoms with Crippen LogP contribution in [0.2, 0.25) is 0 Å². The highest BCUT2D eigenvalue weighted by molar-refractivity contribution is 5.84. The average molecular weight is 331 g/mol. The molecule has 1 aliphatic rings. The second-order valence-electron chi connectivity index (χ2n) is 6.01. The summed E-state index contributed by atoms with van der Waals surface area (Å²) in [5.41, 5.74) is 3.98.